The molecule has 0 aromatic heterocycles. The molecular formula is C45H77N5O9. The number of carbonyl (C=O) groups excluding carboxylic acids is 5. The third kappa shape index (κ3) is 14.2. The molecule has 0 radical (unpaired) electrons. The number of nitrogens with zero attached hydrogens (tertiary/aromatic N) is 3. The highest BCUT2D eigenvalue weighted by Crippen LogP contribution is 2.30. The number of amides is 5. The van der Waals surface area contributed by atoms with E-state index in [2.05, 4.69) is 10.6 Å². The molecule has 2 rings (SSSR count). The average molecular weight is 832 g/mol. The van der Waals surface area contributed by atoms with Gasteiger partial charge in [-0.05, 0) is 48.5 Å². The fraction of sp³-hybridized carbons (Fsp3) is 0.756. The third-order valence-corrected chi connectivity index (χ3v) is 11.7. The lowest BCUT2D eigenvalue weighted by Gasteiger charge is -2.41. The highest BCUT2D eigenvalue weighted by atomic mass is 16.6. The summed E-state index contributed by atoms with van der Waals surface area (Å²) in [5, 5.41) is 16.8. The van der Waals surface area contributed by atoms with Crippen molar-refractivity contribution in [3.8, 4) is 0 Å². The van der Waals surface area contributed by atoms with Crippen LogP contribution in [0.25, 0.3) is 0 Å². The molecule has 336 valence electrons. The van der Waals surface area contributed by atoms with E-state index in [9.17, 15) is 29.1 Å². The van der Waals surface area contributed by atoms with Crippen LogP contribution >= 0.6 is 0 Å². The monoisotopic (exact) mass is 832 g/mol. The highest BCUT2D eigenvalue weighted by Gasteiger charge is 2.43. The van der Waals surface area contributed by atoms with Crippen molar-refractivity contribution in [2.24, 2.45) is 29.1 Å². The van der Waals surface area contributed by atoms with Gasteiger partial charge in [0, 0.05) is 34.9 Å². The second kappa shape index (κ2) is 23.3. The zero-order valence-corrected chi connectivity index (χ0v) is 38.6. The van der Waals surface area contributed by atoms with Crippen LogP contribution in [0.15, 0.2) is 30.3 Å². The number of benzene rings is 1. The van der Waals surface area contributed by atoms with Gasteiger partial charge in [0.25, 0.3) is 0 Å². The van der Waals surface area contributed by atoms with E-state index in [4.69, 9.17) is 14.2 Å². The Morgan fingerprint density at radius 3 is 2.00 bits per heavy atom. The van der Waals surface area contributed by atoms with Gasteiger partial charge in [0.15, 0.2) is 0 Å². The molecule has 59 heavy (non-hydrogen) atoms. The minimum Gasteiger partial charge on any atom is -0.449 e. The number of carbonyl (C=O) groups is 5. The molecule has 1 aliphatic rings. The maximum Gasteiger partial charge on any atom is 0.410 e. The summed E-state index contributed by atoms with van der Waals surface area (Å²) in [5.41, 5.74) is 0.442. The molecule has 1 aromatic rings. The molecule has 0 aliphatic carbocycles. The summed E-state index contributed by atoms with van der Waals surface area (Å²) in [4.78, 5) is 73.8. The normalized spacial score (nSPS) is 19.2. The lowest BCUT2D eigenvalue weighted by atomic mass is 9.89. The molecule has 0 spiro atoms. The van der Waals surface area contributed by atoms with Gasteiger partial charge < -0.3 is 39.8 Å². The number of aliphatic hydroxyl groups is 1. The Labute approximate surface area is 354 Å². The Kier molecular flexibility index (Phi) is 20.3. The van der Waals surface area contributed by atoms with Crippen molar-refractivity contribution in [3.63, 3.8) is 0 Å². The molecule has 14 heteroatoms. The van der Waals surface area contributed by atoms with Crippen molar-refractivity contribution in [2.45, 2.75) is 150 Å². The van der Waals surface area contributed by atoms with E-state index in [1.807, 2.05) is 92.6 Å². The number of likely N-dealkylation sites (tertiary alicyclic amines) is 1. The molecule has 0 saturated carbocycles. The van der Waals surface area contributed by atoms with Gasteiger partial charge in [0.1, 0.15) is 12.1 Å². The number of likely N-dealkylation sites (N-methyl/N-ethyl adjacent to an activating group) is 2. The van der Waals surface area contributed by atoms with Crippen LogP contribution in [0.4, 0.5) is 4.79 Å². The third-order valence-electron chi connectivity index (χ3n) is 11.7. The first-order chi connectivity index (χ1) is 27.5. The topological polar surface area (TPSA) is 167 Å². The number of aliphatic hydroxyl groups excluding tert-OH is 1. The van der Waals surface area contributed by atoms with Crippen LogP contribution in [0.5, 0.6) is 0 Å². The molecule has 1 saturated heterocycles. The molecule has 1 heterocycles. The van der Waals surface area contributed by atoms with E-state index >= 15 is 0 Å². The van der Waals surface area contributed by atoms with E-state index in [0.29, 0.717) is 24.9 Å². The molecule has 1 fully saturated rings. The zero-order chi connectivity index (χ0) is 44.9. The van der Waals surface area contributed by atoms with Crippen molar-refractivity contribution < 1.29 is 43.3 Å². The Balaban J connectivity index is 2.27. The Bertz CT molecular complexity index is 1500. The number of rotatable bonds is 21. The second-order valence-electron chi connectivity index (χ2n) is 18.4. The fourth-order valence-electron chi connectivity index (χ4n) is 8.07. The first-order valence-electron chi connectivity index (χ1n) is 21.4. The standard InChI is InChI=1S/C45H77N5O9/c1-16-29(6)38(48(12)43(55)36(27(2)3)47-42(54)37(28(4)5)49(13)44(56)59-26-45(9,10)11)34(57-14)25-35(51)50-24-20-23-33(50)40(58-15)30(7)41(53)46-31(8)39(52)32-21-18-17-19-22-32/h17-19,21-22,27-31,33-34,36-40,52H,16,20,23-26H2,1-15H3,(H,46,53)(H,47,54)/t29-,30?,31?,33?,34?,36-,37?,38-,39?,40+/m0/s1. The minimum atomic E-state index is -0.929. The van der Waals surface area contributed by atoms with Crippen LogP contribution in [-0.2, 0) is 33.4 Å². The SMILES string of the molecule is CC[C@H](C)[C@@H](C(CC(=O)N1CCCC1[C@H](OC)C(C)C(=O)NC(C)C(O)c1ccccc1)OC)N(C)C(=O)[C@@H](NC(=O)C(C(C)C)N(C)C(=O)OCC(C)(C)C)C(C)C. The number of ether oxygens (including phenoxy) is 3. The number of hydrogen-bond donors (Lipinski definition) is 3. The molecule has 10 atom stereocenters. The Hall–Kier alpha value is -3.75. The largest absolute Gasteiger partial charge is 0.449 e. The summed E-state index contributed by atoms with van der Waals surface area (Å²) in [6, 6.07) is 5.86. The molecule has 1 aromatic carbocycles. The molecule has 1 aliphatic heterocycles. The van der Waals surface area contributed by atoms with Crippen molar-refractivity contribution in [1.29, 1.82) is 0 Å². The smallest absolute Gasteiger partial charge is 0.410 e. The van der Waals surface area contributed by atoms with Gasteiger partial charge in [0.2, 0.25) is 23.6 Å². The maximum absolute atomic E-state index is 14.5. The van der Waals surface area contributed by atoms with Crippen LogP contribution in [0.3, 0.4) is 0 Å². The maximum atomic E-state index is 14.5. The predicted octanol–water partition coefficient (Wildman–Crippen LogP) is 5.42. The molecule has 3 N–H and O–H groups in total. The number of hydrogen-bond acceptors (Lipinski definition) is 9. The van der Waals surface area contributed by atoms with Crippen molar-refractivity contribution in [1.82, 2.24) is 25.3 Å². The summed E-state index contributed by atoms with van der Waals surface area (Å²) in [5.74, 6) is -2.57. The van der Waals surface area contributed by atoms with Gasteiger partial charge in [-0.1, -0.05) is 106 Å². The van der Waals surface area contributed by atoms with Crippen LogP contribution < -0.4 is 10.6 Å². The average Bonchev–Trinajstić information content (AvgIpc) is 3.67. The van der Waals surface area contributed by atoms with Crippen LogP contribution in [0, 0.1) is 29.1 Å². The van der Waals surface area contributed by atoms with Gasteiger partial charge in [-0.25, -0.2) is 4.79 Å². The first kappa shape index (κ1) is 51.4. The van der Waals surface area contributed by atoms with Gasteiger partial charge in [-0.15, -0.1) is 0 Å². The quantitative estimate of drug-likeness (QED) is 0.147. The predicted molar refractivity (Wildman–Crippen MR) is 229 cm³/mol. The number of methoxy groups -OCH3 is 2. The van der Waals surface area contributed by atoms with Crippen molar-refractivity contribution >= 4 is 29.7 Å². The lowest BCUT2D eigenvalue weighted by molar-refractivity contribution is -0.148. The van der Waals surface area contributed by atoms with E-state index in [1.165, 1.54) is 19.1 Å². The van der Waals surface area contributed by atoms with E-state index in [1.54, 1.807) is 37.8 Å². The highest BCUT2D eigenvalue weighted by molar-refractivity contribution is 5.91. The Morgan fingerprint density at radius 1 is 0.881 bits per heavy atom. The first-order valence-corrected chi connectivity index (χ1v) is 21.4. The van der Waals surface area contributed by atoms with Gasteiger partial charge >= 0.3 is 6.09 Å². The summed E-state index contributed by atoms with van der Waals surface area (Å²) in [6.45, 7) is 21.4. The molecule has 0 bridgehead atoms. The summed E-state index contributed by atoms with van der Waals surface area (Å²) < 4.78 is 17.5. The molecular weight excluding hydrogens is 755 g/mol. The van der Waals surface area contributed by atoms with E-state index in [-0.39, 0.29) is 60.0 Å². The van der Waals surface area contributed by atoms with E-state index < -0.39 is 60.4 Å². The van der Waals surface area contributed by atoms with Gasteiger partial charge in [0.05, 0.1) is 55.4 Å². The minimum absolute atomic E-state index is 0.0213. The van der Waals surface area contributed by atoms with Gasteiger partial charge in [-0.3, -0.25) is 24.1 Å². The Morgan fingerprint density at radius 2 is 1.49 bits per heavy atom. The second-order valence-corrected chi connectivity index (χ2v) is 18.4. The lowest BCUT2D eigenvalue weighted by Crippen LogP contribution is -2.60. The fourth-order valence-corrected chi connectivity index (χ4v) is 8.07. The molecule has 14 nitrogen and oxygen atoms in total. The van der Waals surface area contributed by atoms with Crippen LogP contribution in [-0.4, -0.2) is 133 Å². The molecule has 5 amide bonds. The summed E-state index contributed by atoms with van der Waals surface area (Å²) >= 11 is 0. The van der Waals surface area contributed by atoms with Crippen molar-refractivity contribution in [2.75, 3.05) is 41.5 Å². The van der Waals surface area contributed by atoms with Gasteiger partial charge in [-0.2, -0.15) is 0 Å². The van der Waals surface area contributed by atoms with Crippen LogP contribution in [0.1, 0.15) is 114 Å². The summed E-state index contributed by atoms with van der Waals surface area (Å²) in [7, 11) is 6.29. The summed E-state index contributed by atoms with van der Waals surface area (Å²) in [6.07, 6.45) is -0.771. The van der Waals surface area contributed by atoms with Crippen molar-refractivity contribution in [3.05, 3.63) is 35.9 Å². The van der Waals surface area contributed by atoms with Crippen LogP contribution in [0.2, 0.25) is 0 Å². The molecule has 6 unspecified atom stereocenters. The van der Waals surface area contributed by atoms with E-state index in [0.717, 1.165) is 6.42 Å². The number of nitrogens with one attached hydrogen (secondary N) is 2. The zero-order valence-electron chi connectivity index (χ0n) is 38.6.